The van der Waals surface area contributed by atoms with Gasteiger partial charge in [-0.2, -0.15) is 5.10 Å². The predicted octanol–water partition coefficient (Wildman–Crippen LogP) is 4.08. The maximum Gasteiger partial charge on any atom is 0.0734 e. The molecule has 2 aliphatic rings. The third kappa shape index (κ3) is 1.83. The van der Waals surface area contributed by atoms with Crippen molar-refractivity contribution in [2.75, 3.05) is 5.01 Å². The topological polar surface area (TPSA) is 15.6 Å². The van der Waals surface area contributed by atoms with Crippen LogP contribution in [-0.2, 0) is 0 Å². The zero-order valence-corrected chi connectivity index (χ0v) is 11.4. The monoisotopic (exact) mass is 262 g/mol. The van der Waals surface area contributed by atoms with E-state index >= 15 is 0 Å². The van der Waals surface area contributed by atoms with Gasteiger partial charge in [-0.15, -0.1) is 0 Å². The molecule has 1 aliphatic carbocycles. The fourth-order valence-electron chi connectivity index (χ4n) is 3.53. The largest absolute Gasteiger partial charge is 0.262 e. The Kier molecular flexibility index (Phi) is 2.80. The summed E-state index contributed by atoms with van der Waals surface area (Å²) in [5, 5.41) is 7.21. The molecule has 0 aromatic heterocycles. The molecular weight excluding hydrogens is 244 g/mol. The van der Waals surface area contributed by atoms with Crippen molar-refractivity contribution in [3.63, 3.8) is 0 Å². The van der Waals surface area contributed by atoms with E-state index in [9.17, 15) is 0 Å². The number of anilines is 1. The first-order chi connectivity index (χ1) is 9.93. The van der Waals surface area contributed by atoms with Crippen molar-refractivity contribution >= 4 is 11.4 Å². The van der Waals surface area contributed by atoms with E-state index in [1.54, 1.807) is 0 Å². The van der Waals surface area contributed by atoms with Crippen LogP contribution in [0.2, 0.25) is 0 Å². The van der Waals surface area contributed by atoms with Crippen molar-refractivity contribution in [2.24, 2.45) is 11.0 Å². The number of rotatable bonds is 2. The van der Waals surface area contributed by atoms with Crippen LogP contribution in [0.4, 0.5) is 5.69 Å². The third-order valence-corrected chi connectivity index (χ3v) is 4.45. The number of nitrogens with zero attached hydrogens (tertiary/aromatic N) is 2. The summed E-state index contributed by atoms with van der Waals surface area (Å²) >= 11 is 0. The SMILES string of the molecule is c1ccc(C2=NN(c3ccccc3)[C@@H]3CCC[C@H]23)cc1. The summed E-state index contributed by atoms with van der Waals surface area (Å²) < 4.78 is 0. The van der Waals surface area contributed by atoms with Crippen molar-refractivity contribution in [3.05, 3.63) is 66.2 Å². The van der Waals surface area contributed by atoms with E-state index in [0.717, 1.165) is 0 Å². The minimum absolute atomic E-state index is 0.549. The standard InChI is InChI=1S/C18H18N2/c1-3-8-14(9-4-1)18-16-12-7-13-17(16)20(19-18)15-10-5-2-6-11-15/h1-6,8-11,16-17H,7,12-13H2/t16-,17+/m0/s1. The van der Waals surface area contributed by atoms with Crippen molar-refractivity contribution < 1.29 is 0 Å². The first-order valence-electron chi connectivity index (χ1n) is 7.42. The molecule has 2 atom stereocenters. The average Bonchev–Trinajstić information content (AvgIpc) is 3.11. The Morgan fingerprint density at radius 3 is 2.30 bits per heavy atom. The van der Waals surface area contributed by atoms with Gasteiger partial charge in [0.15, 0.2) is 0 Å². The van der Waals surface area contributed by atoms with E-state index < -0.39 is 0 Å². The zero-order valence-electron chi connectivity index (χ0n) is 11.4. The van der Waals surface area contributed by atoms with Gasteiger partial charge in [-0.3, -0.25) is 5.01 Å². The second-order valence-electron chi connectivity index (χ2n) is 5.64. The second-order valence-corrected chi connectivity index (χ2v) is 5.64. The lowest BCUT2D eigenvalue weighted by Gasteiger charge is -2.22. The highest BCUT2D eigenvalue weighted by molar-refractivity contribution is 6.05. The van der Waals surface area contributed by atoms with E-state index in [1.165, 1.54) is 36.2 Å². The first-order valence-corrected chi connectivity index (χ1v) is 7.42. The number of hydrogen-bond donors (Lipinski definition) is 0. The molecule has 1 aliphatic heterocycles. The lowest BCUT2D eigenvalue weighted by atomic mass is 9.93. The van der Waals surface area contributed by atoms with Crippen LogP contribution in [0.5, 0.6) is 0 Å². The Morgan fingerprint density at radius 2 is 1.55 bits per heavy atom. The van der Waals surface area contributed by atoms with Gasteiger partial charge in [0.1, 0.15) is 0 Å². The van der Waals surface area contributed by atoms with Crippen molar-refractivity contribution in [1.82, 2.24) is 0 Å². The molecule has 100 valence electrons. The number of benzene rings is 2. The van der Waals surface area contributed by atoms with E-state index in [4.69, 9.17) is 5.10 Å². The van der Waals surface area contributed by atoms with Crippen molar-refractivity contribution in [1.29, 1.82) is 0 Å². The summed E-state index contributed by atoms with van der Waals surface area (Å²) in [6.45, 7) is 0. The van der Waals surface area contributed by atoms with Gasteiger partial charge in [0, 0.05) is 5.92 Å². The Morgan fingerprint density at radius 1 is 0.850 bits per heavy atom. The number of hydrogen-bond acceptors (Lipinski definition) is 2. The molecule has 0 radical (unpaired) electrons. The van der Waals surface area contributed by atoms with Crippen LogP contribution >= 0.6 is 0 Å². The van der Waals surface area contributed by atoms with Crippen molar-refractivity contribution in [2.45, 2.75) is 25.3 Å². The maximum absolute atomic E-state index is 4.96. The molecule has 0 saturated heterocycles. The smallest absolute Gasteiger partial charge is 0.0734 e. The molecule has 0 unspecified atom stereocenters. The molecule has 2 aromatic carbocycles. The average molecular weight is 262 g/mol. The van der Waals surface area contributed by atoms with Gasteiger partial charge in [-0.1, -0.05) is 55.0 Å². The van der Waals surface area contributed by atoms with E-state index in [0.29, 0.717) is 12.0 Å². The quantitative estimate of drug-likeness (QED) is 0.796. The van der Waals surface area contributed by atoms with Crippen molar-refractivity contribution in [3.8, 4) is 0 Å². The van der Waals surface area contributed by atoms with Crippen LogP contribution in [0.15, 0.2) is 65.8 Å². The molecule has 1 fully saturated rings. The molecule has 2 aromatic rings. The van der Waals surface area contributed by atoms with Crippen LogP contribution < -0.4 is 5.01 Å². The van der Waals surface area contributed by atoms with Gasteiger partial charge in [-0.25, -0.2) is 0 Å². The third-order valence-electron chi connectivity index (χ3n) is 4.45. The normalized spacial score (nSPS) is 24.6. The molecule has 0 bridgehead atoms. The van der Waals surface area contributed by atoms with Gasteiger partial charge in [-0.05, 0) is 30.5 Å². The molecule has 2 nitrogen and oxygen atoms in total. The summed E-state index contributed by atoms with van der Waals surface area (Å²) in [6.07, 6.45) is 3.83. The van der Waals surface area contributed by atoms with Gasteiger partial charge in [0.2, 0.25) is 0 Å². The fraction of sp³-hybridized carbons (Fsp3) is 0.278. The molecule has 1 heterocycles. The zero-order chi connectivity index (χ0) is 13.4. The lowest BCUT2D eigenvalue weighted by molar-refractivity contribution is 0.602. The van der Waals surface area contributed by atoms with Crippen LogP contribution in [0.1, 0.15) is 24.8 Å². The predicted molar refractivity (Wildman–Crippen MR) is 83.0 cm³/mol. The first kappa shape index (κ1) is 11.7. The van der Waals surface area contributed by atoms with Crippen LogP contribution in [0.25, 0.3) is 0 Å². The highest BCUT2D eigenvalue weighted by atomic mass is 15.5. The Balaban J connectivity index is 1.76. The summed E-state index contributed by atoms with van der Waals surface area (Å²) in [5.41, 5.74) is 3.77. The Hall–Kier alpha value is -2.09. The molecule has 20 heavy (non-hydrogen) atoms. The molecule has 0 spiro atoms. The molecular formula is C18H18N2. The highest BCUT2D eigenvalue weighted by Crippen LogP contribution is 2.40. The fourth-order valence-corrected chi connectivity index (χ4v) is 3.53. The number of fused-ring (bicyclic) bond motifs is 1. The molecule has 2 heteroatoms. The summed E-state index contributed by atoms with van der Waals surface area (Å²) in [6, 6.07) is 21.8. The molecule has 0 N–H and O–H groups in total. The van der Waals surface area contributed by atoms with E-state index in [2.05, 4.69) is 65.7 Å². The van der Waals surface area contributed by atoms with E-state index in [1.807, 2.05) is 0 Å². The highest BCUT2D eigenvalue weighted by Gasteiger charge is 2.41. The van der Waals surface area contributed by atoms with Crippen LogP contribution in [0, 0.1) is 5.92 Å². The minimum Gasteiger partial charge on any atom is -0.262 e. The van der Waals surface area contributed by atoms with E-state index in [-0.39, 0.29) is 0 Å². The second kappa shape index (κ2) is 4.78. The van der Waals surface area contributed by atoms with Gasteiger partial charge in [0.05, 0.1) is 17.4 Å². The van der Waals surface area contributed by atoms with Crippen LogP contribution in [0.3, 0.4) is 0 Å². The maximum atomic E-state index is 4.96. The number of para-hydroxylation sites is 1. The Bertz CT molecular complexity index is 618. The molecule has 4 rings (SSSR count). The summed E-state index contributed by atoms with van der Waals surface area (Å²) in [5.74, 6) is 0.595. The van der Waals surface area contributed by atoms with Crippen LogP contribution in [-0.4, -0.2) is 11.8 Å². The summed E-state index contributed by atoms with van der Waals surface area (Å²) in [7, 11) is 0. The lowest BCUT2D eigenvalue weighted by Crippen LogP contribution is -2.29. The van der Waals surface area contributed by atoms with Gasteiger partial charge in [0.25, 0.3) is 0 Å². The molecule has 0 amide bonds. The number of hydrazone groups is 1. The minimum atomic E-state index is 0.549. The Labute approximate surface area is 119 Å². The van der Waals surface area contributed by atoms with Gasteiger partial charge >= 0.3 is 0 Å². The van der Waals surface area contributed by atoms with Gasteiger partial charge < -0.3 is 0 Å². The summed E-state index contributed by atoms with van der Waals surface area (Å²) in [4.78, 5) is 0. The molecule has 1 saturated carbocycles.